The summed E-state index contributed by atoms with van der Waals surface area (Å²) < 4.78 is 5.19. The van der Waals surface area contributed by atoms with Gasteiger partial charge in [0.05, 0.1) is 7.11 Å². The second kappa shape index (κ2) is 10.2. The first-order valence-corrected chi connectivity index (χ1v) is 9.81. The number of methoxy groups -OCH3 is 1. The number of nitrogens with zero attached hydrogens (tertiary/aromatic N) is 1. The molecule has 28 heavy (non-hydrogen) atoms. The largest absolute Gasteiger partial charge is 0.497 e. The van der Waals surface area contributed by atoms with E-state index in [9.17, 15) is 4.79 Å². The monoisotopic (exact) mass is 382 g/mol. The number of ether oxygens (including phenoxy) is 1. The van der Waals surface area contributed by atoms with Crippen molar-refractivity contribution in [1.82, 2.24) is 21.1 Å². The third-order valence-corrected chi connectivity index (χ3v) is 5.05. The van der Waals surface area contributed by atoms with Crippen LogP contribution >= 0.6 is 0 Å². The summed E-state index contributed by atoms with van der Waals surface area (Å²) in [7, 11) is 3.76. The van der Waals surface area contributed by atoms with Gasteiger partial charge in [-0.3, -0.25) is 4.79 Å². The molecule has 2 unspecified atom stereocenters. The molecule has 2 atom stereocenters. The van der Waals surface area contributed by atoms with Crippen molar-refractivity contribution in [2.75, 3.05) is 27.2 Å². The Morgan fingerprint density at radius 2 is 1.89 bits per heavy atom. The maximum atomic E-state index is 12.4. The molecule has 2 aromatic rings. The Kier molecular flexibility index (Phi) is 7.42. The molecule has 0 aliphatic carbocycles. The molecule has 1 amide bonds. The van der Waals surface area contributed by atoms with Gasteiger partial charge in [-0.25, -0.2) is 10.9 Å². The molecule has 0 spiro atoms. The number of carbonyl (C=O) groups excluding carboxylic acids is 1. The van der Waals surface area contributed by atoms with E-state index in [1.807, 2.05) is 30.3 Å². The number of benzene rings is 2. The molecule has 6 heteroatoms. The standard InChI is InChI=1S/C22H30N4O2/c1-26(16-17-7-4-3-5-8-17)14-6-13-23-22(27)21-15-20(24-25-21)18-9-11-19(28-2)12-10-18/h3-5,7-12,20-21,24-25H,6,13-16H2,1-2H3,(H,23,27). The van der Waals surface area contributed by atoms with Gasteiger partial charge in [0.1, 0.15) is 11.8 Å². The molecular weight excluding hydrogens is 352 g/mol. The fraction of sp³-hybridized carbons (Fsp3) is 0.409. The smallest absolute Gasteiger partial charge is 0.238 e. The number of amides is 1. The van der Waals surface area contributed by atoms with Crippen LogP contribution in [0.3, 0.4) is 0 Å². The zero-order valence-electron chi connectivity index (χ0n) is 16.7. The van der Waals surface area contributed by atoms with Crippen molar-refractivity contribution >= 4 is 5.91 Å². The van der Waals surface area contributed by atoms with E-state index in [2.05, 4.69) is 52.4 Å². The molecule has 3 rings (SSSR count). The summed E-state index contributed by atoms with van der Waals surface area (Å²) in [5.74, 6) is 0.885. The molecule has 1 fully saturated rings. The summed E-state index contributed by atoms with van der Waals surface area (Å²) >= 11 is 0. The number of rotatable bonds is 9. The van der Waals surface area contributed by atoms with Crippen LogP contribution in [0.1, 0.15) is 30.0 Å². The summed E-state index contributed by atoms with van der Waals surface area (Å²) in [4.78, 5) is 14.7. The van der Waals surface area contributed by atoms with Crippen LogP contribution in [0.5, 0.6) is 5.75 Å². The van der Waals surface area contributed by atoms with Crippen molar-refractivity contribution in [3.63, 3.8) is 0 Å². The molecular formula is C22H30N4O2. The summed E-state index contributed by atoms with van der Waals surface area (Å²) in [5, 5.41) is 3.05. The van der Waals surface area contributed by atoms with E-state index in [4.69, 9.17) is 4.74 Å². The molecule has 0 aromatic heterocycles. The Morgan fingerprint density at radius 1 is 1.14 bits per heavy atom. The Morgan fingerprint density at radius 3 is 2.61 bits per heavy atom. The molecule has 1 aliphatic rings. The Labute approximate surface area is 167 Å². The van der Waals surface area contributed by atoms with Crippen LogP contribution in [-0.2, 0) is 11.3 Å². The second-order valence-corrected chi connectivity index (χ2v) is 7.27. The molecule has 150 valence electrons. The van der Waals surface area contributed by atoms with Crippen molar-refractivity contribution in [1.29, 1.82) is 0 Å². The lowest BCUT2D eigenvalue weighted by Gasteiger charge is -2.17. The first-order chi connectivity index (χ1) is 13.7. The number of hydrogen-bond acceptors (Lipinski definition) is 5. The van der Waals surface area contributed by atoms with Gasteiger partial charge in [0, 0.05) is 19.1 Å². The Hall–Kier alpha value is -2.41. The van der Waals surface area contributed by atoms with Crippen LogP contribution in [0, 0.1) is 0 Å². The molecule has 1 heterocycles. The highest BCUT2D eigenvalue weighted by molar-refractivity contribution is 5.82. The average molecular weight is 383 g/mol. The first-order valence-electron chi connectivity index (χ1n) is 9.81. The van der Waals surface area contributed by atoms with Gasteiger partial charge in [-0.2, -0.15) is 0 Å². The fourth-order valence-electron chi connectivity index (χ4n) is 3.44. The minimum Gasteiger partial charge on any atom is -0.497 e. The van der Waals surface area contributed by atoms with Crippen molar-refractivity contribution in [3.05, 3.63) is 65.7 Å². The SMILES string of the molecule is COc1ccc(C2CC(C(=O)NCCCN(C)Cc3ccccc3)NN2)cc1. The number of hydrazine groups is 1. The summed E-state index contributed by atoms with van der Waals surface area (Å²) in [6.07, 6.45) is 1.66. The van der Waals surface area contributed by atoms with E-state index >= 15 is 0 Å². The van der Waals surface area contributed by atoms with Gasteiger partial charge < -0.3 is 15.0 Å². The first kappa shape index (κ1) is 20.3. The molecule has 0 bridgehead atoms. The Bertz CT molecular complexity index is 736. The van der Waals surface area contributed by atoms with Crippen LogP contribution < -0.4 is 20.9 Å². The predicted octanol–water partition coefficient (Wildman–Crippen LogP) is 2.24. The summed E-state index contributed by atoms with van der Waals surface area (Å²) in [5.41, 5.74) is 8.78. The minimum absolute atomic E-state index is 0.0502. The molecule has 2 aromatic carbocycles. The lowest BCUT2D eigenvalue weighted by molar-refractivity contribution is -0.122. The third kappa shape index (κ3) is 5.79. The lowest BCUT2D eigenvalue weighted by Crippen LogP contribution is -2.43. The summed E-state index contributed by atoms with van der Waals surface area (Å²) in [6, 6.07) is 18.3. The zero-order valence-corrected chi connectivity index (χ0v) is 16.7. The quantitative estimate of drug-likeness (QED) is 0.581. The topological polar surface area (TPSA) is 65.6 Å². The van der Waals surface area contributed by atoms with Crippen LogP contribution in [0.2, 0.25) is 0 Å². The molecule has 6 nitrogen and oxygen atoms in total. The van der Waals surface area contributed by atoms with Crippen LogP contribution in [0.25, 0.3) is 0 Å². The maximum absolute atomic E-state index is 12.4. The van der Waals surface area contributed by atoms with Gasteiger partial charge in [-0.1, -0.05) is 42.5 Å². The molecule has 0 saturated carbocycles. The predicted molar refractivity (Wildman–Crippen MR) is 111 cm³/mol. The maximum Gasteiger partial charge on any atom is 0.238 e. The van der Waals surface area contributed by atoms with Crippen molar-refractivity contribution in [2.24, 2.45) is 0 Å². The number of carbonyl (C=O) groups is 1. The highest BCUT2D eigenvalue weighted by Crippen LogP contribution is 2.24. The lowest BCUT2D eigenvalue weighted by atomic mass is 10.0. The van der Waals surface area contributed by atoms with Gasteiger partial charge in [0.15, 0.2) is 0 Å². The average Bonchev–Trinajstić information content (AvgIpc) is 3.22. The number of hydrogen-bond donors (Lipinski definition) is 3. The van der Waals surface area contributed by atoms with Crippen molar-refractivity contribution in [3.8, 4) is 5.75 Å². The molecule has 0 radical (unpaired) electrons. The van der Waals surface area contributed by atoms with Gasteiger partial charge >= 0.3 is 0 Å². The van der Waals surface area contributed by atoms with Crippen molar-refractivity contribution in [2.45, 2.75) is 31.5 Å². The second-order valence-electron chi connectivity index (χ2n) is 7.27. The van der Waals surface area contributed by atoms with Crippen molar-refractivity contribution < 1.29 is 9.53 Å². The van der Waals surface area contributed by atoms with Gasteiger partial charge in [-0.05, 0) is 49.7 Å². The van der Waals surface area contributed by atoms with E-state index in [1.54, 1.807) is 7.11 Å². The normalized spacial score (nSPS) is 19.0. The molecule has 1 aliphatic heterocycles. The van der Waals surface area contributed by atoms with Crippen LogP contribution in [0.4, 0.5) is 0 Å². The van der Waals surface area contributed by atoms with E-state index in [1.165, 1.54) is 5.56 Å². The van der Waals surface area contributed by atoms with Gasteiger partial charge in [0.2, 0.25) is 5.91 Å². The molecule has 3 N–H and O–H groups in total. The summed E-state index contributed by atoms with van der Waals surface area (Å²) in [6.45, 7) is 2.55. The van der Waals surface area contributed by atoms with E-state index < -0.39 is 0 Å². The van der Waals surface area contributed by atoms with Gasteiger partial charge in [-0.15, -0.1) is 0 Å². The van der Waals surface area contributed by atoms with E-state index in [0.717, 1.165) is 37.2 Å². The van der Waals surface area contributed by atoms with Crippen LogP contribution in [-0.4, -0.2) is 44.1 Å². The zero-order chi connectivity index (χ0) is 19.8. The number of nitrogens with one attached hydrogen (secondary N) is 3. The van der Waals surface area contributed by atoms with E-state index in [0.29, 0.717) is 6.54 Å². The highest BCUT2D eigenvalue weighted by atomic mass is 16.5. The fourth-order valence-corrected chi connectivity index (χ4v) is 3.44. The highest BCUT2D eigenvalue weighted by Gasteiger charge is 2.29. The molecule has 1 saturated heterocycles. The van der Waals surface area contributed by atoms with Gasteiger partial charge in [0.25, 0.3) is 0 Å². The van der Waals surface area contributed by atoms with E-state index in [-0.39, 0.29) is 18.0 Å². The minimum atomic E-state index is -0.214. The third-order valence-electron chi connectivity index (χ3n) is 5.05. The Balaban J connectivity index is 1.35. The van der Waals surface area contributed by atoms with Crippen LogP contribution in [0.15, 0.2) is 54.6 Å².